The van der Waals surface area contributed by atoms with Crippen LogP contribution in [0.15, 0.2) is 12.2 Å². The lowest BCUT2D eigenvalue weighted by atomic mass is 10.1. The summed E-state index contributed by atoms with van der Waals surface area (Å²) in [6.07, 6.45) is 5.78. The van der Waals surface area contributed by atoms with Crippen molar-refractivity contribution < 1.29 is 4.74 Å². The van der Waals surface area contributed by atoms with Crippen molar-refractivity contribution in [1.29, 1.82) is 0 Å². The molecule has 1 unspecified atom stereocenters. The molecule has 0 aromatic rings. The van der Waals surface area contributed by atoms with Gasteiger partial charge >= 0.3 is 0 Å². The van der Waals surface area contributed by atoms with E-state index >= 15 is 0 Å². The predicted molar refractivity (Wildman–Crippen MR) is 29.2 cm³/mol. The summed E-state index contributed by atoms with van der Waals surface area (Å²) >= 11 is 0. The average Bonchev–Trinajstić information content (AvgIpc) is 1.55. The van der Waals surface area contributed by atoms with Crippen LogP contribution in [0.2, 0.25) is 0 Å². The first-order chi connectivity index (χ1) is 3.43. The fraction of sp³-hybridized carbons (Fsp3) is 0.667. The SMILES string of the molecule is CCOC1C=CC1. The Morgan fingerprint density at radius 2 is 2.57 bits per heavy atom. The molecule has 0 bridgehead atoms. The molecule has 1 heteroatoms. The lowest BCUT2D eigenvalue weighted by molar-refractivity contribution is 0.0876. The summed E-state index contributed by atoms with van der Waals surface area (Å²) in [7, 11) is 0. The van der Waals surface area contributed by atoms with Crippen LogP contribution in [0.1, 0.15) is 13.3 Å². The smallest absolute Gasteiger partial charge is 0.0790 e. The molecule has 1 nitrogen and oxygen atoms in total. The van der Waals surface area contributed by atoms with Gasteiger partial charge in [-0.05, 0) is 13.3 Å². The number of hydrogen-bond donors (Lipinski definition) is 0. The summed E-state index contributed by atoms with van der Waals surface area (Å²) < 4.78 is 5.19. The molecular formula is C6H10O. The van der Waals surface area contributed by atoms with Gasteiger partial charge in [-0.3, -0.25) is 0 Å². The van der Waals surface area contributed by atoms with E-state index in [1.165, 1.54) is 0 Å². The van der Waals surface area contributed by atoms with Gasteiger partial charge in [-0.15, -0.1) is 0 Å². The zero-order chi connectivity index (χ0) is 5.11. The molecule has 0 saturated heterocycles. The average molecular weight is 98.1 g/mol. The van der Waals surface area contributed by atoms with Gasteiger partial charge in [0, 0.05) is 6.61 Å². The summed E-state index contributed by atoms with van der Waals surface area (Å²) in [4.78, 5) is 0. The molecule has 0 heterocycles. The summed E-state index contributed by atoms with van der Waals surface area (Å²) in [6, 6.07) is 0. The monoisotopic (exact) mass is 98.1 g/mol. The fourth-order valence-corrected chi connectivity index (χ4v) is 0.585. The van der Waals surface area contributed by atoms with Crippen molar-refractivity contribution in [1.82, 2.24) is 0 Å². The van der Waals surface area contributed by atoms with Crippen LogP contribution in [0.4, 0.5) is 0 Å². The highest BCUT2D eigenvalue weighted by Crippen LogP contribution is 2.10. The summed E-state index contributed by atoms with van der Waals surface area (Å²) in [5, 5.41) is 0. The van der Waals surface area contributed by atoms with Crippen molar-refractivity contribution in [2.75, 3.05) is 6.61 Å². The second-order valence-corrected chi connectivity index (χ2v) is 1.66. The minimum atomic E-state index is 0.449. The van der Waals surface area contributed by atoms with Gasteiger partial charge in [-0.2, -0.15) is 0 Å². The van der Waals surface area contributed by atoms with Crippen molar-refractivity contribution in [3.05, 3.63) is 12.2 Å². The second kappa shape index (κ2) is 2.12. The normalized spacial score (nSPS) is 27.3. The van der Waals surface area contributed by atoms with Gasteiger partial charge in [0.15, 0.2) is 0 Å². The van der Waals surface area contributed by atoms with Crippen LogP contribution in [0.25, 0.3) is 0 Å². The van der Waals surface area contributed by atoms with E-state index in [1.54, 1.807) is 0 Å². The van der Waals surface area contributed by atoms with Crippen LogP contribution >= 0.6 is 0 Å². The number of rotatable bonds is 2. The minimum Gasteiger partial charge on any atom is -0.374 e. The minimum absolute atomic E-state index is 0.449. The zero-order valence-electron chi connectivity index (χ0n) is 4.55. The Bertz CT molecular complexity index is 76.2. The van der Waals surface area contributed by atoms with Gasteiger partial charge in [0.1, 0.15) is 0 Å². The highest BCUT2D eigenvalue weighted by atomic mass is 16.5. The van der Waals surface area contributed by atoms with Crippen molar-refractivity contribution >= 4 is 0 Å². The van der Waals surface area contributed by atoms with E-state index in [9.17, 15) is 0 Å². The highest BCUT2D eigenvalue weighted by molar-refractivity contribution is 5.03. The Balaban J connectivity index is 2.06. The molecule has 0 N–H and O–H groups in total. The first-order valence-electron chi connectivity index (χ1n) is 2.71. The van der Waals surface area contributed by atoms with Crippen molar-refractivity contribution in [3.63, 3.8) is 0 Å². The Hall–Kier alpha value is -0.300. The molecule has 0 aromatic heterocycles. The maximum absolute atomic E-state index is 5.19. The van der Waals surface area contributed by atoms with Gasteiger partial charge < -0.3 is 4.74 Å². The predicted octanol–water partition coefficient (Wildman–Crippen LogP) is 1.35. The first-order valence-corrected chi connectivity index (χ1v) is 2.71. The van der Waals surface area contributed by atoms with Gasteiger partial charge in [0.05, 0.1) is 6.10 Å². The Labute approximate surface area is 44.0 Å². The van der Waals surface area contributed by atoms with Gasteiger partial charge in [-0.1, -0.05) is 12.2 Å². The molecule has 0 radical (unpaired) electrons. The van der Waals surface area contributed by atoms with Gasteiger partial charge in [0.2, 0.25) is 0 Å². The molecule has 1 atom stereocenters. The lowest BCUT2D eigenvalue weighted by Gasteiger charge is -2.16. The number of ether oxygens (including phenoxy) is 1. The summed E-state index contributed by atoms with van der Waals surface area (Å²) in [5.41, 5.74) is 0. The first kappa shape index (κ1) is 4.85. The standard InChI is InChI=1S/C6H10O/c1-2-7-6-4-3-5-6/h3-4,6H,2,5H2,1H3. The van der Waals surface area contributed by atoms with Gasteiger partial charge in [0.25, 0.3) is 0 Å². The van der Waals surface area contributed by atoms with Crippen molar-refractivity contribution in [2.45, 2.75) is 19.4 Å². The van der Waals surface area contributed by atoms with E-state index in [-0.39, 0.29) is 0 Å². The summed E-state index contributed by atoms with van der Waals surface area (Å²) in [5.74, 6) is 0. The van der Waals surface area contributed by atoms with E-state index < -0.39 is 0 Å². The van der Waals surface area contributed by atoms with Crippen molar-refractivity contribution in [3.8, 4) is 0 Å². The van der Waals surface area contributed by atoms with E-state index in [2.05, 4.69) is 12.2 Å². The van der Waals surface area contributed by atoms with Gasteiger partial charge in [-0.25, -0.2) is 0 Å². The molecule has 0 saturated carbocycles. The number of hydrogen-bond acceptors (Lipinski definition) is 1. The van der Waals surface area contributed by atoms with E-state index in [0.717, 1.165) is 13.0 Å². The Kier molecular flexibility index (Phi) is 1.47. The molecule has 0 aliphatic heterocycles. The summed E-state index contributed by atoms with van der Waals surface area (Å²) in [6.45, 7) is 2.86. The van der Waals surface area contributed by atoms with Crippen LogP contribution in [0.5, 0.6) is 0 Å². The molecule has 7 heavy (non-hydrogen) atoms. The molecular weight excluding hydrogens is 88.1 g/mol. The maximum atomic E-state index is 5.19. The fourth-order valence-electron chi connectivity index (χ4n) is 0.585. The molecule has 0 fully saturated rings. The van der Waals surface area contributed by atoms with Crippen molar-refractivity contribution in [2.24, 2.45) is 0 Å². The molecule has 0 aromatic carbocycles. The van der Waals surface area contributed by atoms with Crippen LogP contribution in [0, 0.1) is 0 Å². The molecule has 40 valence electrons. The molecule has 0 spiro atoms. The van der Waals surface area contributed by atoms with E-state index in [0.29, 0.717) is 6.10 Å². The quantitative estimate of drug-likeness (QED) is 0.474. The molecule has 0 amide bonds. The Morgan fingerprint density at radius 1 is 1.86 bits per heavy atom. The van der Waals surface area contributed by atoms with Crippen LogP contribution in [-0.2, 0) is 4.74 Å². The third-order valence-electron chi connectivity index (χ3n) is 1.10. The Morgan fingerprint density at radius 3 is 2.71 bits per heavy atom. The van der Waals surface area contributed by atoms with Crippen LogP contribution < -0.4 is 0 Å². The maximum Gasteiger partial charge on any atom is 0.0790 e. The molecule has 1 aliphatic rings. The lowest BCUT2D eigenvalue weighted by Crippen LogP contribution is -2.14. The van der Waals surface area contributed by atoms with Crippen LogP contribution in [-0.4, -0.2) is 12.7 Å². The van der Waals surface area contributed by atoms with E-state index in [4.69, 9.17) is 4.74 Å². The molecule has 1 rings (SSSR count). The largest absolute Gasteiger partial charge is 0.374 e. The topological polar surface area (TPSA) is 9.23 Å². The zero-order valence-corrected chi connectivity index (χ0v) is 4.55. The third-order valence-corrected chi connectivity index (χ3v) is 1.10. The van der Waals surface area contributed by atoms with E-state index in [1.807, 2.05) is 6.92 Å². The second-order valence-electron chi connectivity index (χ2n) is 1.66. The highest BCUT2D eigenvalue weighted by Gasteiger charge is 2.06. The third kappa shape index (κ3) is 1.03. The molecule has 1 aliphatic carbocycles. The van der Waals surface area contributed by atoms with Crippen LogP contribution in [0.3, 0.4) is 0 Å².